The van der Waals surface area contributed by atoms with E-state index in [9.17, 15) is 15.0 Å². The first kappa shape index (κ1) is 34.4. The third-order valence-corrected chi connectivity index (χ3v) is 9.14. The van der Waals surface area contributed by atoms with Crippen LogP contribution >= 0.6 is 23.2 Å². The van der Waals surface area contributed by atoms with Crippen molar-refractivity contribution in [1.29, 1.82) is 0 Å². The van der Waals surface area contributed by atoms with Gasteiger partial charge >= 0.3 is 5.97 Å². The number of aliphatic carboxylic acids is 1. The lowest BCUT2D eigenvalue weighted by atomic mass is 9.94. The van der Waals surface area contributed by atoms with Crippen LogP contribution in [0.4, 0.5) is 0 Å². The van der Waals surface area contributed by atoms with Gasteiger partial charge < -0.3 is 29.7 Å². The van der Waals surface area contributed by atoms with Crippen LogP contribution in [0.25, 0.3) is 22.4 Å². The fourth-order valence-corrected chi connectivity index (χ4v) is 6.39. The van der Waals surface area contributed by atoms with Crippen LogP contribution in [0.3, 0.4) is 0 Å². The summed E-state index contributed by atoms with van der Waals surface area (Å²) < 4.78 is 17.4. The number of fused-ring (bicyclic) bond motifs is 1. The molecule has 0 unspecified atom stereocenters. The highest BCUT2D eigenvalue weighted by Gasteiger charge is 2.33. The second-order valence-corrected chi connectivity index (χ2v) is 12.3. The summed E-state index contributed by atoms with van der Waals surface area (Å²) in [5.41, 5.74) is 5.76. The van der Waals surface area contributed by atoms with Gasteiger partial charge in [-0.2, -0.15) is 4.98 Å². The number of aromatic nitrogens is 2. The third kappa shape index (κ3) is 7.17. The van der Waals surface area contributed by atoms with Crippen molar-refractivity contribution in [3.05, 3.63) is 86.9 Å². The standard InChI is InChI=1S/C35H38Cl2N4O6/c1-35(15-16-42,34(43)44)39-19-21-17-27(36)33(41-32(21)46-4)47-29-14-12-23-22(7-5-8-24(23)29)25-9-6-10-26(30(25)37)28-13-11-20(18-38-2)31(40-28)45-3/h5-11,13,17,29,38-39,42H,12,14-16,18-19H2,1-4H3,(H,43,44)/t29-,35-/m0/s1. The molecule has 0 radical (unpaired) electrons. The number of nitrogens with one attached hydrogen (secondary N) is 2. The number of carboxylic acid groups (broad SMARTS) is 1. The zero-order valence-corrected chi connectivity index (χ0v) is 28.2. The number of nitrogens with zero attached hydrogens (tertiary/aromatic N) is 2. The molecule has 0 aliphatic heterocycles. The number of carboxylic acids is 1. The van der Waals surface area contributed by atoms with E-state index in [1.54, 1.807) is 13.2 Å². The molecule has 1 aliphatic rings. The van der Waals surface area contributed by atoms with Gasteiger partial charge in [0, 0.05) is 42.0 Å². The molecule has 2 atom stereocenters. The largest absolute Gasteiger partial charge is 0.481 e. The van der Waals surface area contributed by atoms with E-state index >= 15 is 0 Å². The summed E-state index contributed by atoms with van der Waals surface area (Å²) in [4.78, 5) is 21.1. The molecule has 2 aromatic heterocycles. The summed E-state index contributed by atoms with van der Waals surface area (Å²) >= 11 is 13.7. The van der Waals surface area contributed by atoms with E-state index in [1.165, 1.54) is 14.0 Å². The molecule has 0 fully saturated rings. The molecule has 10 nitrogen and oxygen atoms in total. The van der Waals surface area contributed by atoms with Crippen molar-refractivity contribution in [2.45, 2.75) is 50.9 Å². The minimum Gasteiger partial charge on any atom is -0.481 e. The van der Waals surface area contributed by atoms with Crippen LogP contribution < -0.4 is 24.8 Å². The van der Waals surface area contributed by atoms with Crippen LogP contribution in [0, 0.1) is 0 Å². The molecule has 0 saturated heterocycles. The summed E-state index contributed by atoms with van der Waals surface area (Å²) in [6, 6.07) is 17.6. The molecule has 12 heteroatoms. The Hall–Kier alpha value is -3.93. The van der Waals surface area contributed by atoms with Gasteiger partial charge in [0.1, 0.15) is 16.7 Å². The normalized spacial score (nSPS) is 15.2. The van der Waals surface area contributed by atoms with E-state index in [0.717, 1.165) is 45.5 Å². The number of pyridine rings is 2. The molecule has 0 bridgehead atoms. The zero-order chi connectivity index (χ0) is 33.7. The predicted octanol–water partition coefficient (Wildman–Crippen LogP) is 6.24. The van der Waals surface area contributed by atoms with Crippen molar-refractivity contribution >= 4 is 29.2 Å². The molecule has 0 amide bonds. The number of ether oxygens (including phenoxy) is 3. The molecule has 0 saturated carbocycles. The maximum atomic E-state index is 11.8. The number of aliphatic hydroxyl groups excluding tert-OH is 1. The monoisotopic (exact) mass is 680 g/mol. The Kier molecular flexibility index (Phi) is 10.9. The highest BCUT2D eigenvalue weighted by molar-refractivity contribution is 6.36. The quantitative estimate of drug-likeness (QED) is 0.121. The molecule has 4 aromatic rings. The molecule has 248 valence electrons. The molecular weight excluding hydrogens is 643 g/mol. The summed E-state index contributed by atoms with van der Waals surface area (Å²) in [5, 5.41) is 25.9. The van der Waals surface area contributed by atoms with Crippen LogP contribution in [-0.2, 0) is 24.3 Å². The number of halogens is 2. The first-order chi connectivity index (χ1) is 22.6. The van der Waals surface area contributed by atoms with E-state index in [2.05, 4.69) is 21.7 Å². The molecule has 2 heterocycles. The van der Waals surface area contributed by atoms with Gasteiger partial charge in [-0.15, -0.1) is 0 Å². The molecular formula is C35H38Cl2N4O6. The number of hydrogen-bond acceptors (Lipinski definition) is 9. The summed E-state index contributed by atoms with van der Waals surface area (Å²) in [6.07, 6.45) is 1.19. The lowest BCUT2D eigenvalue weighted by Crippen LogP contribution is -2.49. The van der Waals surface area contributed by atoms with E-state index in [4.69, 9.17) is 42.4 Å². The number of hydrogen-bond donors (Lipinski definition) is 4. The lowest BCUT2D eigenvalue weighted by Gasteiger charge is -2.26. The minimum atomic E-state index is -1.34. The van der Waals surface area contributed by atoms with Gasteiger partial charge in [0.05, 0.1) is 24.9 Å². The van der Waals surface area contributed by atoms with Gasteiger partial charge in [0.2, 0.25) is 17.6 Å². The fourth-order valence-electron chi connectivity index (χ4n) is 5.85. The van der Waals surface area contributed by atoms with E-state index in [1.807, 2.05) is 49.5 Å². The van der Waals surface area contributed by atoms with Gasteiger partial charge in [-0.05, 0) is 62.1 Å². The van der Waals surface area contributed by atoms with Crippen molar-refractivity contribution < 1.29 is 29.2 Å². The maximum absolute atomic E-state index is 11.8. The summed E-state index contributed by atoms with van der Waals surface area (Å²) in [5.74, 6) is -0.0536. The van der Waals surface area contributed by atoms with Gasteiger partial charge in [-0.25, -0.2) is 4.98 Å². The highest BCUT2D eigenvalue weighted by atomic mass is 35.5. The van der Waals surface area contributed by atoms with Gasteiger partial charge in [0.25, 0.3) is 0 Å². The molecule has 47 heavy (non-hydrogen) atoms. The van der Waals surface area contributed by atoms with Crippen LogP contribution in [0.2, 0.25) is 10.0 Å². The Morgan fingerprint density at radius 1 is 0.957 bits per heavy atom. The van der Waals surface area contributed by atoms with Crippen molar-refractivity contribution in [2.75, 3.05) is 27.9 Å². The summed E-state index contributed by atoms with van der Waals surface area (Å²) in [7, 11) is 4.96. The highest BCUT2D eigenvalue weighted by Crippen LogP contribution is 2.44. The molecule has 0 spiro atoms. The number of methoxy groups -OCH3 is 2. The van der Waals surface area contributed by atoms with Gasteiger partial charge in [-0.3, -0.25) is 10.1 Å². The molecule has 1 aliphatic carbocycles. The Labute approximate surface area is 284 Å². The maximum Gasteiger partial charge on any atom is 0.323 e. The van der Waals surface area contributed by atoms with Crippen LogP contribution in [-0.4, -0.2) is 59.6 Å². The van der Waals surface area contributed by atoms with Crippen molar-refractivity contribution in [2.24, 2.45) is 0 Å². The van der Waals surface area contributed by atoms with Crippen LogP contribution in [0.15, 0.2) is 54.6 Å². The number of carbonyl (C=O) groups is 1. The molecule has 2 aromatic carbocycles. The predicted molar refractivity (Wildman–Crippen MR) is 182 cm³/mol. The minimum absolute atomic E-state index is 0.0291. The fraction of sp³-hybridized carbons (Fsp3) is 0.343. The molecule has 4 N–H and O–H groups in total. The third-order valence-electron chi connectivity index (χ3n) is 8.46. The average molecular weight is 682 g/mol. The Morgan fingerprint density at radius 2 is 1.66 bits per heavy atom. The molecule has 5 rings (SSSR count). The Balaban J connectivity index is 1.41. The Morgan fingerprint density at radius 3 is 2.36 bits per heavy atom. The van der Waals surface area contributed by atoms with Gasteiger partial charge in [0.15, 0.2) is 0 Å². The zero-order valence-electron chi connectivity index (χ0n) is 26.7. The number of benzene rings is 2. The van der Waals surface area contributed by atoms with Crippen molar-refractivity contribution in [1.82, 2.24) is 20.6 Å². The second kappa shape index (κ2) is 14.9. The number of rotatable bonds is 14. The number of aliphatic hydroxyl groups is 1. The smallest absolute Gasteiger partial charge is 0.323 e. The summed E-state index contributed by atoms with van der Waals surface area (Å²) in [6.45, 7) is 1.97. The first-order valence-corrected chi connectivity index (χ1v) is 16.0. The first-order valence-electron chi connectivity index (χ1n) is 15.2. The average Bonchev–Trinajstić information content (AvgIpc) is 3.48. The lowest BCUT2D eigenvalue weighted by molar-refractivity contribution is -0.145. The second-order valence-electron chi connectivity index (χ2n) is 11.5. The Bertz CT molecular complexity index is 1770. The SMILES string of the molecule is CNCc1ccc(-c2cccc(-c3cccc4c3CC[C@@H]4Oc3nc(OC)c(CN[C@@](C)(CCO)C(=O)O)cc3Cl)c2Cl)nc1OC. The van der Waals surface area contributed by atoms with E-state index in [-0.39, 0.29) is 42.5 Å². The van der Waals surface area contributed by atoms with Crippen molar-refractivity contribution in [3.8, 4) is 40.0 Å². The van der Waals surface area contributed by atoms with E-state index < -0.39 is 11.5 Å². The van der Waals surface area contributed by atoms with Crippen molar-refractivity contribution in [3.63, 3.8) is 0 Å². The topological polar surface area (TPSA) is 135 Å². The van der Waals surface area contributed by atoms with Crippen LogP contribution in [0.1, 0.15) is 48.1 Å². The van der Waals surface area contributed by atoms with Gasteiger partial charge in [-0.1, -0.05) is 65.7 Å². The van der Waals surface area contributed by atoms with E-state index in [0.29, 0.717) is 29.4 Å². The van der Waals surface area contributed by atoms with Crippen LogP contribution in [0.5, 0.6) is 17.6 Å².